The van der Waals surface area contributed by atoms with Crippen LogP contribution in [0.3, 0.4) is 0 Å². The molecule has 0 bridgehead atoms. The lowest BCUT2D eigenvalue weighted by Gasteiger charge is -2.13. The highest BCUT2D eigenvalue weighted by Gasteiger charge is 2.15. The molecule has 1 aromatic rings. The van der Waals surface area contributed by atoms with Gasteiger partial charge in [-0.3, -0.25) is 0 Å². The molecule has 1 N–H and O–H groups in total. The number of ether oxygens (including phenoxy) is 2. The predicted octanol–water partition coefficient (Wildman–Crippen LogP) is 3.66. The molecule has 1 aliphatic heterocycles. The van der Waals surface area contributed by atoms with Crippen molar-refractivity contribution in [3.63, 3.8) is 0 Å². The van der Waals surface area contributed by atoms with Crippen molar-refractivity contribution in [3.8, 4) is 11.5 Å². The minimum atomic E-state index is 0.451. The smallest absolute Gasteiger partial charge is 0.161 e. The summed E-state index contributed by atoms with van der Waals surface area (Å²) in [7, 11) is 0. The van der Waals surface area contributed by atoms with Gasteiger partial charge in [-0.05, 0) is 56.0 Å². The lowest BCUT2D eigenvalue weighted by Crippen LogP contribution is -2.16. The lowest BCUT2D eigenvalue weighted by atomic mass is 9.98. The zero-order valence-corrected chi connectivity index (χ0v) is 13.7. The van der Waals surface area contributed by atoms with Gasteiger partial charge in [0.2, 0.25) is 0 Å². The number of hydrogen-bond donors (Lipinski definition) is 1. The summed E-state index contributed by atoms with van der Waals surface area (Å²) in [5, 5.41) is 3.39. The first-order valence-electron chi connectivity index (χ1n) is 8.28. The number of rotatable bonds is 7. The van der Waals surface area contributed by atoms with Crippen LogP contribution in [0.25, 0.3) is 0 Å². The van der Waals surface area contributed by atoms with Crippen molar-refractivity contribution in [2.24, 2.45) is 11.8 Å². The van der Waals surface area contributed by atoms with Crippen LogP contribution in [0, 0.1) is 11.8 Å². The minimum Gasteiger partial charge on any atom is -0.489 e. The van der Waals surface area contributed by atoms with Crippen LogP contribution in [0.5, 0.6) is 11.5 Å². The summed E-state index contributed by atoms with van der Waals surface area (Å²) < 4.78 is 11.6. The number of fused-ring (bicyclic) bond motifs is 1. The Morgan fingerprint density at radius 2 is 1.95 bits per heavy atom. The monoisotopic (exact) mass is 291 g/mol. The van der Waals surface area contributed by atoms with Gasteiger partial charge >= 0.3 is 0 Å². The fourth-order valence-electron chi connectivity index (χ4n) is 2.53. The van der Waals surface area contributed by atoms with E-state index >= 15 is 0 Å². The molecule has 0 saturated heterocycles. The largest absolute Gasteiger partial charge is 0.489 e. The van der Waals surface area contributed by atoms with Crippen LogP contribution in [0.15, 0.2) is 18.2 Å². The van der Waals surface area contributed by atoms with Crippen LogP contribution in [-0.2, 0) is 6.42 Å². The average Bonchev–Trinajstić information content (AvgIpc) is 2.67. The first-order valence-corrected chi connectivity index (χ1v) is 8.28. The van der Waals surface area contributed by atoms with Gasteiger partial charge in [0.15, 0.2) is 11.5 Å². The molecule has 2 rings (SSSR count). The molecule has 0 saturated carbocycles. The van der Waals surface area contributed by atoms with Crippen molar-refractivity contribution in [1.82, 2.24) is 5.32 Å². The fourth-order valence-corrected chi connectivity index (χ4v) is 2.53. The molecule has 1 aromatic carbocycles. The van der Waals surface area contributed by atoms with E-state index in [4.69, 9.17) is 9.47 Å². The van der Waals surface area contributed by atoms with Gasteiger partial charge < -0.3 is 14.8 Å². The molecule has 1 aliphatic rings. The van der Waals surface area contributed by atoms with Crippen molar-refractivity contribution < 1.29 is 9.47 Å². The van der Waals surface area contributed by atoms with Gasteiger partial charge in [0.05, 0.1) is 13.2 Å². The van der Waals surface area contributed by atoms with Gasteiger partial charge in [-0.15, -0.1) is 0 Å². The Balaban J connectivity index is 1.84. The summed E-state index contributed by atoms with van der Waals surface area (Å²) in [5.74, 6) is 3.01. The Morgan fingerprint density at radius 1 is 1.19 bits per heavy atom. The second kappa shape index (κ2) is 8.28. The quantitative estimate of drug-likeness (QED) is 0.778. The van der Waals surface area contributed by atoms with Crippen LogP contribution in [0.2, 0.25) is 0 Å². The van der Waals surface area contributed by atoms with Crippen molar-refractivity contribution in [2.75, 3.05) is 26.3 Å². The number of benzene rings is 1. The van der Waals surface area contributed by atoms with Crippen LogP contribution < -0.4 is 14.8 Å². The topological polar surface area (TPSA) is 30.5 Å². The van der Waals surface area contributed by atoms with Gasteiger partial charge in [0, 0.05) is 5.92 Å². The Morgan fingerprint density at radius 3 is 2.71 bits per heavy atom. The van der Waals surface area contributed by atoms with Crippen molar-refractivity contribution >= 4 is 0 Å². The molecule has 21 heavy (non-hydrogen) atoms. The van der Waals surface area contributed by atoms with E-state index in [0.717, 1.165) is 50.1 Å². The first-order chi connectivity index (χ1) is 10.2. The third kappa shape index (κ3) is 5.24. The summed E-state index contributed by atoms with van der Waals surface area (Å²) >= 11 is 0. The lowest BCUT2D eigenvalue weighted by molar-refractivity contribution is 0.228. The third-order valence-corrected chi connectivity index (χ3v) is 4.04. The molecule has 1 heterocycles. The number of aryl methyl sites for hydroxylation is 1. The molecule has 0 radical (unpaired) electrons. The Labute approximate surface area is 129 Å². The molecule has 0 aromatic heterocycles. The van der Waals surface area contributed by atoms with E-state index in [2.05, 4.69) is 44.3 Å². The van der Waals surface area contributed by atoms with Crippen molar-refractivity contribution in [3.05, 3.63) is 23.8 Å². The van der Waals surface area contributed by atoms with Gasteiger partial charge in [0.25, 0.3) is 0 Å². The Kier molecular flexibility index (Phi) is 6.37. The average molecular weight is 291 g/mol. The molecule has 0 aliphatic carbocycles. The number of nitrogens with one attached hydrogen (secondary N) is 1. The molecule has 0 spiro atoms. The second-order valence-electron chi connectivity index (χ2n) is 6.29. The summed E-state index contributed by atoms with van der Waals surface area (Å²) in [6.07, 6.45) is 3.58. The van der Waals surface area contributed by atoms with Crippen LogP contribution in [0.4, 0.5) is 0 Å². The summed E-state index contributed by atoms with van der Waals surface area (Å²) in [4.78, 5) is 0. The Bertz CT molecular complexity index is 433. The zero-order valence-electron chi connectivity index (χ0n) is 13.7. The standard InChI is InChI=1S/C18H29NO2/c1-4-19-10-9-14(2)5-6-16-7-8-17-18(11-16)21-13-15(3)12-20-17/h7-8,11,14-15,19H,4-6,9-10,12-13H2,1-3H3. The van der Waals surface area contributed by atoms with E-state index < -0.39 is 0 Å². The highest BCUT2D eigenvalue weighted by molar-refractivity contribution is 5.43. The van der Waals surface area contributed by atoms with Crippen LogP contribution >= 0.6 is 0 Å². The minimum absolute atomic E-state index is 0.451. The van der Waals surface area contributed by atoms with E-state index in [-0.39, 0.29) is 0 Å². The maximum Gasteiger partial charge on any atom is 0.161 e. The normalized spacial score (nSPS) is 19.1. The van der Waals surface area contributed by atoms with Crippen LogP contribution in [0.1, 0.15) is 39.2 Å². The molecular weight excluding hydrogens is 262 g/mol. The molecule has 2 atom stereocenters. The molecule has 2 unspecified atom stereocenters. The molecule has 0 fully saturated rings. The van der Waals surface area contributed by atoms with Crippen molar-refractivity contribution in [1.29, 1.82) is 0 Å². The van der Waals surface area contributed by atoms with E-state index in [9.17, 15) is 0 Å². The van der Waals surface area contributed by atoms with E-state index in [1.807, 2.05) is 0 Å². The number of hydrogen-bond acceptors (Lipinski definition) is 3. The maximum atomic E-state index is 5.85. The van der Waals surface area contributed by atoms with Gasteiger partial charge in [-0.2, -0.15) is 0 Å². The molecule has 0 amide bonds. The van der Waals surface area contributed by atoms with Gasteiger partial charge in [0.1, 0.15) is 0 Å². The first kappa shape index (κ1) is 16.2. The van der Waals surface area contributed by atoms with Crippen molar-refractivity contribution in [2.45, 2.75) is 40.0 Å². The molecular formula is C18H29NO2. The van der Waals surface area contributed by atoms with E-state index in [1.165, 1.54) is 18.4 Å². The van der Waals surface area contributed by atoms with Crippen LogP contribution in [-0.4, -0.2) is 26.3 Å². The predicted molar refractivity (Wildman–Crippen MR) is 87.2 cm³/mol. The van der Waals surface area contributed by atoms with Gasteiger partial charge in [-0.25, -0.2) is 0 Å². The fraction of sp³-hybridized carbons (Fsp3) is 0.667. The third-order valence-electron chi connectivity index (χ3n) is 4.04. The highest BCUT2D eigenvalue weighted by Crippen LogP contribution is 2.32. The van der Waals surface area contributed by atoms with Gasteiger partial charge in [-0.1, -0.05) is 26.8 Å². The second-order valence-corrected chi connectivity index (χ2v) is 6.29. The maximum absolute atomic E-state index is 5.85. The highest BCUT2D eigenvalue weighted by atomic mass is 16.5. The molecule has 3 heteroatoms. The zero-order chi connectivity index (χ0) is 15.1. The Hall–Kier alpha value is -1.22. The summed E-state index contributed by atoms with van der Waals surface area (Å²) in [5.41, 5.74) is 1.35. The summed E-state index contributed by atoms with van der Waals surface area (Å²) in [6, 6.07) is 6.39. The molecule has 118 valence electrons. The molecule has 3 nitrogen and oxygen atoms in total. The van der Waals surface area contributed by atoms with E-state index in [0.29, 0.717) is 5.92 Å². The summed E-state index contributed by atoms with van der Waals surface area (Å²) in [6.45, 7) is 10.3. The van der Waals surface area contributed by atoms with E-state index in [1.54, 1.807) is 0 Å². The SMILES string of the molecule is CCNCCC(C)CCc1ccc2c(c1)OCC(C)CO2.